The summed E-state index contributed by atoms with van der Waals surface area (Å²) in [7, 11) is 0. The fourth-order valence-electron chi connectivity index (χ4n) is 2.00. The van der Waals surface area contributed by atoms with Crippen molar-refractivity contribution < 1.29 is 4.79 Å². The molecule has 0 aromatic heterocycles. The largest absolute Gasteiger partial charge is 0.361 e. The number of hydrogen-bond acceptors (Lipinski definition) is 2. The summed E-state index contributed by atoms with van der Waals surface area (Å²) in [5, 5.41) is 3.55. The lowest BCUT2D eigenvalue weighted by molar-refractivity contribution is -0.119. The summed E-state index contributed by atoms with van der Waals surface area (Å²) in [6, 6.07) is 0. The Morgan fingerprint density at radius 1 is 0.850 bits per heavy atom. The van der Waals surface area contributed by atoms with Gasteiger partial charge in [0, 0.05) is 13.5 Å². The molecule has 0 spiro atoms. The molecule has 118 valence electrons. The Balaban J connectivity index is 3.12. The number of hydrazine groups is 1. The molecule has 0 aliphatic carbocycles. The minimum atomic E-state index is -0.145. The smallest absolute Gasteiger partial charge is 0.235 e. The molecule has 0 aliphatic heterocycles. The number of thiocarbonyl (C=S) groups is 1. The Morgan fingerprint density at radius 2 is 1.35 bits per heavy atom. The first-order valence-corrected chi connectivity index (χ1v) is 8.38. The van der Waals surface area contributed by atoms with Gasteiger partial charge in [0.1, 0.15) is 0 Å². The molecule has 0 saturated carbocycles. The van der Waals surface area contributed by atoms with E-state index in [0.717, 1.165) is 13.0 Å². The lowest BCUT2D eigenvalue weighted by Gasteiger charge is -2.10. The zero-order valence-electron chi connectivity index (χ0n) is 13.1. The predicted molar refractivity (Wildman–Crippen MR) is 89.4 cm³/mol. The SMILES string of the molecule is CCCCCCCCCCCCNC(=S)NNC(C)=O. The van der Waals surface area contributed by atoms with Crippen molar-refractivity contribution in [3.05, 3.63) is 0 Å². The van der Waals surface area contributed by atoms with Crippen LogP contribution in [0.3, 0.4) is 0 Å². The predicted octanol–water partition coefficient (Wildman–Crippen LogP) is 3.42. The molecular weight excluding hydrogens is 270 g/mol. The third kappa shape index (κ3) is 15.2. The first kappa shape index (κ1) is 19.2. The van der Waals surface area contributed by atoms with Gasteiger partial charge in [0.05, 0.1) is 0 Å². The van der Waals surface area contributed by atoms with Crippen molar-refractivity contribution in [2.75, 3.05) is 6.54 Å². The molecule has 0 unspecified atom stereocenters. The summed E-state index contributed by atoms with van der Waals surface area (Å²) in [6.45, 7) is 4.56. The second kappa shape index (κ2) is 14.6. The van der Waals surface area contributed by atoms with Crippen LogP contribution in [0.2, 0.25) is 0 Å². The molecule has 0 fully saturated rings. The van der Waals surface area contributed by atoms with Gasteiger partial charge in [-0.15, -0.1) is 0 Å². The zero-order valence-corrected chi connectivity index (χ0v) is 13.9. The van der Waals surface area contributed by atoms with Gasteiger partial charge in [-0.25, -0.2) is 0 Å². The molecule has 0 saturated heterocycles. The van der Waals surface area contributed by atoms with Crippen LogP contribution < -0.4 is 16.2 Å². The van der Waals surface area contributed by atoms with Crippen LogP contribution in [0.15, 0.2) is 0 Å². The summed E-state index contributed by atoms with van der Waals surface area (Å²) in [4.78, 5) is 10.6. The monoisotopic (exact) mass is 301 g/mol. The van der Waals surface area contributed by atoms with Gasteiger partial charge in [-0.1, -0.05) is 64.7 Å². The molecule has 0 aromatic rings. The highest BCUT2D eigenvalue weighted by Gasteiger charge is 1.96. The lowest BCUT2D eigenvalue weighted by Crippen LogP contribution is -2.46. The second-order valence-electron chi connectivity index (χ2n) is 5.24. The average molecular weight is 302 g/mol. The molecule has 3 N–H and O–H groups in total. The minimum absolute atomic E-state index is 0.145. The maximum atomic E-state index is 10.6. The van der Waals surface area contributed by atoms with Crippen molar-refractivity contribution in [2.24, 2.45) is 0 Å². The summed E-state index contributed by atoms with van der Waals surface area (Å²) in [5.74, 6) is -0.145. The maximum Gasteiger partial charge on any atom is 0.235 e. The van der Waals surface area contributed by atoms with Crippen LogP contribution in [-0.4, -0.2) is 17.6 Å². The van der Waals surface area contributed by atoms with Gasteiger partial charge < -0.3 is 5.32 Å². The number of carbonyl (C=O) groups excluding carboxylic acids is 1. The van der Waals surface area contributed by atoms with Gasteiger partial charge in [0.15, 0.2) is 5.11 Å². The average Bonchev–Trinajstić information content (AvgIpc) is 2.42. The maximum absolute atomic E-state index is 10.6. The molecule has 1 amide bonds. The van der Waals surface area contributed by atoms with Crippen molar-refractivity contribution in [1.82, 2.24) is 16.2 Å². The third-order valence-corrected chi connectivity index (χ3v) is 3.41. The normalized spacial score (nSPS) is 10.1. The van der Waals surface area contributed by atoms with Crippen LogP contribution in [-0.2, 0) is 4.79 Å². The van der Waals surface area contributed by atoms with Crippen molar-refractivity contribution >= 4 is 23.2 Å². The number of unbranched alkanes of at least 4 members (excludes halogenated alkanes) is 9. The fraction of sp³-hybridized carbons (Fsp3) is 0.867. The standard InChI is InChI=1S/C15H31N3OS/c1-3-4-5-6-7-8-9-10-11-12-13-16-15(20)18-17-14(2)19/h3-13H2,1-2H3,(H,17,19)(H2,16,18,20). The summed E-state index contributed by atoms with van der Waals surface area (Å²) in [5.41, 5.74) is 5.08. The molecule has 0 aliphatic rings. The van der Waals surface area contributed by atoms with E-state index >= 15 is 0 Å². The number of carbonyl (C=O) groups is 1. The van der Waals surface area contributed by atoms with Crippen LogP contribution in [0.25, 0.3) is 0 Å². The van der Waals surface area contributed by atoms with E-state index in [1.54, 1.807) is 0 Å². The van der Waals surface area contributed by atoms with Gasteiger partial charge in [0.25, 0.3) is 0 Å². The summed E-state index contributed by atoms with van der Waals surface area (Å²) in [6.07, 6.45) is 13.3. The van der Waals surface area contributed by atoms with Gasteiger partial charge in [-0.05, 0) is 18.6 Å². The van der Waals surface area contributed by atoms with E-state index < -0.39 is 0 Å². The highest BCUT2D eigenvalue weighted by Crippen LogP contribution is 2.10. The van der Waals surface area contributed by atoms with Crippen LogP contribution in [0.4, 0.5) is 0 Å². The van der Waals surface area contributed by atoms with E-state index in [1.165, 1.54) is 64.7 Å². The molecule has 0 atom stereocenters. The van der Waals surface area contributed by atoms with Crippen molar-refractivity contribution in [3.63, 3.8) is 0 Å². The van der Waals surface area contributed by atoms with Crippen LogP contribution in [0.5, 0.6) is 0 Å². The first-order chi connectivity index (χ1) is 9.66. The molecule has 0 heterocycles. The van der Waals surface area contributed by atoms with Gasteiger partial charge in [0.2, 0.25) is 5.91 Å². The Labute approximate surface area is 129 Å². The zero-order chi connectivity index (χ0) is 15.1. The molecule has 0 aromatic carbocycles. The minimum Gasteiger partial charge on any atom is -0.361 e. The van der Waals surface area contributed by atoms with Gasteiger partial charge >= 0.3 is 0 Å². The van der Waals surface area contributed by atoms with Crippen molar-refractivity contribution in [2.45, 2.75) is 78.1 Å². The number of amides is 1. The van der Waals surface area contributed by atoms with Gasteiger partial charge in [-0.2, -0.15) is 0 Å². The molecule has 0 rings (SSSR count). The number of rotatable bonds is 11. The lowest BCUT2D eigenvalue weighted by atomic mass is 10.1. The Bertz CT molecular complexity index is 260. The molecule has 0 radical (unpaired) electrons. The van der Waals surface area contributed by atoms with E-state index in [9.17, 15) is 4.79 Å². The second-order valence-corrected chi connectivity index (χ2v) is 5.65. The van der Waals surface area contributed by atoms with E-state index in [0.29, 0.717) is 5.11 Å². The highest BCUT2D eigenvalue weighted by atomic mass is 32.1. The first-order valence-electron chi connectivity index (χ1n) is 7.97. The Morgan fingerprint density at radius 3 is 1.85 bits per heavy atom. The molecule has 20 heavy (non-hydrogen) atoms. The summed E-state index contributed by atoms with van der Waals surface area (Å²) >= 11 is 5.01. The fourth-order valence-corrected chi connectivity index (χ4v) is 2.16. The van der Waals surface area contributed by atoms with Crippen molar-refractivity contribution in [3.8, 4) is 0 Å². The highest BCUT2D eigenvalue weighted by molar-refractivity contribution is 7.80. The number of nitrogens with one attached hydrogen (secondary N) is 3. The van der Waals surface area contributed by atoms with Gasteiger partial charge in [-0.3, -0.25) is 15.6 Å². The molecule has 4 nitrogen and oxygen atoms in total. The quantitative estimate of drug-likeness (QED) is 0.311. The third-order valence-electron chi connectivity index (χ3n) is 3.17. The van der Waals surface area contributed by atoms with Crippen LogP contribution >= 0.6 is 12.2 Å². The van der Waals surface area contributed by atoms with E-state index in [-0.39, 0.29) is 5.91 Å². The molecular formula is C15H31N3OS. The number of hydrogen-bond donors (Lipinski definition) is 3. The van der Waals surface area contributed by atoms with Crippen molar-refractivity contribution in [1.29, 1.82) is 0 Å². The molecule has 5 heteroatoms. The molecule has 0 bridgehead atoms. The Hall–Kier alpha value is -0.840. The topological polar surface area (TPSA) is 53.2 Å². The Kier molecular flexibility index (Phi) is 14.0. The summed E-state index contributed by atoms with van der Waals surface area (Å²) < 4.78 is 0. The van der Waals surface area contributed by atoms with E-state index in [1.807, 2.05) is 0 Å². The van der Waals surface area contributed by atoms with Crippen LogP contribution in [0.1, 0.15) is 78.1 Å². The van der Waals surface area contributed by atoms with E-state index in [4.69, 9.17) is 12.2 Å². The van der Waals surface area contributed by atoms with Crippen LogP contribution in [0, 0.1) is 0 Å². The van der Waals surface area contributed by atoms with E-state index in [2.05, 4.69) is 23.1 Å².